The van der Waals surface area contributed by atoms with E-state index < -0.39 is 4.92 Å². The third kappa shape index (κ3) is 2.34. The summed E-state index contributed by atoms with van der Waals surface area (Å²) in [4.78, 5) is 12.3. The van der Waals surface area contributed by atoms with Gasteiger partial charge >= 0.3 is 0 Å². The third-order valence-corrected chi connectivity index (χ3v) is 2.03. The lowest BCUT2D eigenvalue weighted by molar-refractivity contribution is -0.401. The quantitative estimate of drug-likeness (QED) is 0.503. The zero-order valence-corrected chi connectivity index (χ0v) is 7.61. The second-order valence-corrected chi connectivity index (χ2v) is 3.00. The van der Waals surface area contributed by atoms with Crippen LogP contribution in [-0.4, -0.2) is 9.91 Å². The molecule has 58 valence electrons. The molecule has 1 rings (SSSR count). The Morgan fingerprint density at radius 3 is 2.91 bits per heavy atom. The van der Waals surface area contributed by atoms with Crippen LogP contribution in [0.25, 0.3) is 6.08 Å². The van der Waals surface area contributed by atoms with Crippen LogP contribution in [0, 0.1) is 13.7 Å². The van der Waals surface area contributed by atoms with Crippen molar-refractivity contribution in [2.45, 2.75) is 0 Å². The van der Waals surface area contributed by atoms with E-state index in [9.17, 15) is 10.1 Å². The maximum Gasteiger partial charge on any atom is 0.236 e. The number of hydrogen-bond acceptors (Lipinski definition) is 2. The van der Waals surface area contributed by atoms with Crippen LogP contribution in [0.5, 0.6) is 0 Å². The van der Waals surface area contributed by atoms with Gasteiger partial charge in [0.2, 0.25) is 6.20 Å². The number of hydrogen-bond donors (Lipinski definition) is 1. The summed E-state index contributed by atoms with van der Waals surface area (Å²) in [5.41, 5.74) is 0.766. The molecular weight excluding hydrogens is 259 g/mol. The number of H-pyrrole nitrogens is 1. The van der Waals surface area contributed by atoms with Crippen molar-refractivity contribution in [3.63, 3.8) is 0 Å². The number of rotatable bonds is 2. The summed E-state index contributed by atoms with van der Waals surface area (Å²) < 4.78 is 0.973. The molecule has 4 nitrogen and oxygen atoms in total. The van der Waals surface area contributed by atoms with Crippen LogP contribution < -0.4 is 0 Å². The molecule has 11 heavy (non-hydrogen) atoms. The molecular formula is C6H5IN2O2. The largest absolute Gasteiger partial charge is 0.361 e. The smallest absolute Gasteiger partial charge is 0.236 e. The lowest BCUT2D eigenvalue weighted by Gasteiger charge is -1.84. The molecule has 1 heterocycles. The van der Waals surface area contributed by atoms with Crippen molar-refractivity contribution in [2.75, 3.05) is 0 Å². The van der Waals surface area contributed by atoms with Crippen molar-refractivity contribution >= 4 is 28.7 Å². The van der Waals surface area contributed by atoms with E-state index in [1.807, 2.05) is 6.07 Å². The molecule has 1 aromatic rings. The summed E-state index contributed by atoms with van der Waals surface area (Å²) in [6, 6.07) is 1.85. The molecule has 0 aliphatic carbocycles. The molecule has 1 N–H and O–H groups in total. The molecule has 0 unspecified atom stereocenters. The Hall–Kier alpha value is -0.850. The van der Waals surface area contributed by atoms with E-state index in [0.29, 0.717) is 0 Å². The summed E-state index contributed by atoms with van der Waals surface area (Å²) in [5, 5.41) is 9.91. The Morgan fingerprint density at radius 1 is 1.73 bits per heavy atom. The lowest BCUT2D eigenvalue weighted by Crippen LogP contribution is -1.83. The van der Waals surface area contributed by atoms with Gasteiger partial charge in [0.05, 0.1) is 10.6 Å². The van der Waals surface area contributed by atoms with Gasteiger partial charge in [-0.25, -0.2) is 0 Å². The van der Waals surface area contributed by atoms with Crippen molar-refractivity contribution in [1.82, 2.24) is 4.98 Å². The molecule has 0 amide bonds. The SMILES string of the molecule is O=[N+]([O-])/C=C/c1[nH]ccc1I. The zero-order valence-electron chi connectivity index (χ0n) is 5.45. The van der Waals surface area contributed by atoms with Crippen LogP contribution in [0.2, 0.25) is 0 Å². The Bertz CT molecular complexity index is 293. The fourth-order valence-corrected chi connectivity index (χ4v) is 1.14. The van der Waals surface area contributed by atoms with Gasteiger partial charge in [0.15, 0.2) is 0 Å². The van der Waals surface area contributed by atoms with Crippen molar-refractivity contribution in [2.24, 2.45) is 0 Å². The molecule has 0 saturated carbocycles. The molecule has 0 radical (unpaired) electrons. The van der Waals surface area contributed by atoms with Gasteiger partial charge in [-0.3, -0.25) is 10.1 Å². The second kappa shape index (κ2) is 3.51. The topological polar surface area (TPSA) is 58.9 Å². The predicted molar refractivity (Wildman–Crippen MR) is 49.5 cm³/mol. The summed E-state index contributed by atoms with van der Waals surface area (Å²) in [6.07, 6.45) is 4.08. The average molecular weight is 264 g/mol. The fourth-order valence-electron chi connectivity index (χ4n) is 0.626. The van der Waals surface area contributed by atoms with Gasteiger partial charge in [0, 0.05) is 15.8 Å². The highest BCUT2D eigenvalue weighted by atomic mass is 127. The van der Waals surface area contributed by atoms with Crippen molar-refractivity contribution in [3.8, 4) is 0 Å². The van der Waals surface area contributed by atoms with Crippen LogP contribution >= 0.6 is 22.6 Å². The van der Waals surface area contributed by atoms with Gasteiger partial charge in [0.1, 0.15) is 0 Å². The molecule has 0 spiro atoms. The standard InChI is InChI=1S/C6H5IN2O2/c7-5-1-3-8-6(5)2-4-9(10)11/h1-4,8H/b4-2+. The number of nitrogens with one attached hydrogen (secondary N) is 1. The molecule has 0 fully saturated rings. The Labute approximate surface area is 76.6 Å². The molecule has 0 atom stereocenters. The predicted octanol–water partition coefficient (Wildman–Crippen LogP) is 1.87. The minimum Gasteiger partial charge on any atom is -0.361 e. The van der Waals surface area contributed by atoms with E-state index in [0.717, 1.165) is 15.5 Å². The number of nitrogens with zero attached hydrogens (tertiary/aromatic N) is 1. The van der Waals surface area contributed by atoms with E-state index in [1.54, 1.807) is 6.20 Å². The molecule has 5 heteroatoms. The number of halogens is 1. The summed E-state index contributed by atoms with van der Waals surface area (Å²) in [7, 11) is 0. The highest BCUT2D eigenvalue weighted by molar-refractivity contribution is 14.1. The van der Waals surface area contributed by atoms with Crippen molar-refractivity contribution in [3.05, 3.63) is 37.8 Å². The van der Waals surface area contributed by atoms with Gasteiger partial charge in [-0.2, -0.15) is 0 Å². The van der Waals surface area contributed by atoms with Crippen LogP contribution in [0.1, 0.15) is 5.69 Å². The first kappa shape index (κ1) is 8.25. The van der Waals surface area contributed by atoms with E-state index in [2.05, 4.69) is 27.6 Å². The first-order valence-electron chi connectivity index (χ1n) is 2.85. The zero-order chi connectivity index (χ0) is 8.27. The summed E-state index contributed by atoms with van der Waals surface area (Å²) in [6.45, 7) is 0. The minimum absolute atomic E-state index is 0.489. The van der Waals surface area contributed by atoms with Crippen LogP contribution in [0.15, 0.2) is 18.5 Å². The van der Waals surface area contributed by atoms with Gasteiger partial charge in [-0.05, 0) is 28.7 Å². The summed E-state index contributed by atoms with van der Waals surface area (Å²) in [5.74, 6) is 0. The molecule has 0 saturated heterocycles. The molecule has 1 aromatic heterocycles. The highest BCUT2D eigenvalue weighted by Crippen LogP contribution is 2.10. The molecule has 0 aliphatic rings. The lowest BCUT2D eigenvalue weighted by atomic mass is 10.4. The molecule has 0 bridgehead atoms. The van der Waals surface area contributed by atoms with Crippen LogP contribution in [0.3, 0.4) is 0 Å². The Balaban J connectivity index is 2.79. The van der Waals surface area contributed by atoms with E-state index in [-0.39, 0.29) is 0 Å². The fraction of sp³-hybridized carbons (Fsp3) is 0. The second-order valence-electron chi connectivity index (χ2n) is 1.84. The first-order valence-corrected chi connectivity index (χ1v) is 3.92. The average Bonchev–Trinajstić information content (AvgIpc) is 2.31. The molecule has 0 aromatic carbocycles. The monoisotopic (exact) mass is 264 g/mol. The Morgan fingerprint density at radius 2 is 2.45 bits per heavy atom. The van der Waals surface area contributed by atoms with Gasteiger partial charge in [0.25, 0.3) is 0 Å². The van der Waals surface area contributed by atoms with Gasteiger partial charge in [-0.1, -0.05) is 0 Å². The van der Waals surface area contributed by atoms with E-state index in [1.165, 1.54) is 6.08 Å². The molecule has 0 aliphatic heterocycles. The summed E-state index contributed by atoms with van der Waals surface area (Å²) >= 11 is 2.10. The number of nitro groups is 1. The Kier molecular flexibility index (Phi) is 2.64. The minimum atomic E-state index is -0.489. The number of aromatic amines is 1. The number of aromatic nitrogens is 1. The first-order chi connectivity index (χ1) is 5.20. The van der Waals surface area contributed by atoms with E-state index in [4.69, 9.17) is 0 Å². The van der Waals surface area contributed by atoms with E-state index >= 15 is 0 Å². The van der Waals surface area contributed by atoms with Gasteiger partial charge < -0.3 is 4.98 Å². The normalized spacial score (nSPS) is 10.6. The van der Waals surface area contributed by atoms with Gasteiger partial charge in [-0.15, -0.1) is 0 Å². The van der Waals surface area contributed by atoms with Crippen molar-refractivity contribution in [1.29, 1.82) is 0 Å². The maximum atomic E-state index is 9.91. The van der Waals surface area contributed by atoms with Crippen LogP contribution in [-0.2, 0) is 0 Å². The highest BCUT2D eigenvalue weighted by Gasteiger charge is 1.96. The van der Waals surface area contributed by atoms with Crippen molar-refractivity contribution < 1.29 is 4.92 Å². The maximum absolute atomic E-state index is 9.91. The third-order valence-electron chi connectivity index (χ3n) is 1.09. The van der Waals surface area contributed by atoms with Crippen LogP contribution in [0.4, 0.5) is 0 Å².